The van der Waals surface area contributed by atoms with Crippen LogP contribution >= 0.6 is 0 Å². The molecule has 0 bridgehead atoms. The molecule has 10 heteroatoms. The van der Waals surface area contributed by atoms with Crippen LogP contribution in [0.25, 0.3) is 11.1 Å². The van der Waals surface area contributed by atoms with Crippen LogP contribution in [0.3, 0.4) is 0 Å². The molecule has 2 aliphatic rings. The van der Waals surface area contributed by atoms with Crippen LogP contribution in [0.5, 0.6) is 5.75 Å². The monoisotopic (exact) mass is 599 g/mol. The van der Waals surface area contributed by atoms with E-state index >= 15 is 0 Å². The van der Waals surface area contributed by atoms with Crippen LogP contribution in [0.1, 0.15) is 28.8 Å². The fourth-order valence-electron chi connectivity index (χ4n) is 5.69. The number of ether oxygens (including phenoxy) is 2. The third kappa shape index (κ3) is 8.66. The number of methoxy groups -OCH3 is 1. The Hall–Kier alpha value is -4.25. The van der Waals surface area contributed by atoms with Crippen molar-refractivity contribution in [2.75, 3.05) is 64.8 Å². The highest BCUT2D eigenvalue weighted by Crippen LogP contribution is 2.28. The molecule has 3 aromatic rings. The van der Waals surface area contributed by atoms with Crippen LogP contribution in [-0.4, -0.2) is 93.2 Å². The van der Waals surface area contributed by atoms with Crippen molar-refractivity contribution < 1.29 is 23.9 Å². The lowest BCUT2D eigenvalue weighted by Gasteiger charge is -2.31. The van der Waals surface area contributed by atoms with E-state index in [1.54, 1.807) is 7.11 Å². The third-order valence-corrected chi connectivity index (χ3v) is 8.04. The number of rotatable bonds is 12. The van der Waals surface area contributed by atoms with E-state index in [2.05, 4.69) is 25.8 Å². The normalized spacial score (nSPS) is 16.2. The molecule has 3 aromatic carbocycles. The molecule has 2 amide bonds. The lowest BCUT2D eigenvalue weighted by atomic mass is 10.0. The van der Waals surface area contributed by atoms with E-state index in [9.17, 15) is 14.4 Å². The zero-order chi connectivity index (χ0) is 30.7. The van der Waals surface area contributed by atoms with Crippen molar-refractivity contribution in [3.05, 3.63) is 83.9 Å². The number of Topliss-reactive ketones (excluding diaryl/α,β-unsaturated/α-hetero) is 1. The number of para-hydroxylation sites is 1. The number of nitrogens with one attached hydrogen (secondary N) is 3. The van der Waals surface area contributed by atoms with Crippen LogP contribution in [0.15, 0.2) is 72.8 Å². The predicted octanol–water partition coefficient (Wildman–Crippen LogP) is 3.78. The summed E-state index contributed by atoms with van der Waals surface area (Å²) in [5.41, 5.74) is 4.25. The van der Waals surface area contributed by atoms with Crippen LogP contribution < -0.4 is 20.7 Å². The first kappa shape index (κ1) is 31.2. The average Bonchev–Trinajstić information content (AvgIpc) is 3.04. The number of carbonyl (C=O) groups is 3. The van der Waals surface area contributed by atoms with E-state index < -0.39 is 6.09 Å². The third-order valence-electron chi connectivity index (χ3n) is 8.04. The summed E-state index contributed by atoms with van der Waals surface area (Å²) >= 11 is 0. The van der Waals surface area contributed by atoms with Gasteiger partial charge < -0.3 is 25.0 Å². The highest BCUT2D eigenvalue weighted by Gasteiger charge is 2.23. The molecule has 5 rings (SSSR count). The van der Waals surface area contributed by atoms with Gasteiger partial charge in [-0.25, -0.2) is 4.79 Å². The van der Waals surface area contributed by atoms with Crippen molar-refractivity contribution in [2.24, 2.45) is 0 Å². The number of anilines is 1. The van der Waals surface area contributed by atoms with Crippen molar-refractivity contribution in [3.8, 4) is 16.9 Å². The summed E-state index contributed by atoms with van der Waals surface area (Å²) in [5, 5.41) is 9.02. The summed E-state index contributed by atoms with van der Waals surface area (Å²) in [6.45, 7) is 5.77. The molecular weight excluding hydrogens is 558 g/mol. The molecule has 0 saturated carbocycles. The van der Waals surface area contributed by atoms with Gasteiger partial charge in [0.1, 0.15) is 11.9 Å². The van der Waals surface area contributed by atoms with Gasteiger partial charge in [0.2, 0.25) is 5.91 Å². The molecule has 0 atom stereocenters. The number of benzene rings is 3. The first-order chi connectivity index (χ1) is 21.5. The summed E-state index contributed by atoms with van der Waals surface area (Å²) in [4.78, 5) is 41.7. The highest BCUT2D eigenvalue weighted by atomic mass is 16.6. The summed E-state index contributed by atoms with van der Waals surface area (Å²) in [7, 11) is 1.57. The molecule has 10 nitrogen and oxygen atoms in total. The Balaban J connectivity index is 1.01. The van der Waals surface area contributed by atoms with E-state index in [-0.39, 0.29) is 24.3 Å². The molecule has 2 fully saturated rings. The quantitative estimate of drug-likeness (QED) is 0.213. The number of amides is 2. The second kappa shape index (κ2) is 15.5. The second-order valence-corrected chi connectivity index (χ2v) is 11.2. The van der Waals surface area contributed by atoms with Crippen LogP contribution in [-0.2, 0) is 16.1 Å². The molecule has 44 heavy (non-hydrogen) atoms. The molecule has 2 saturated heterocycles. The average molecular weight is 600 g/mol. The van der Waals surface area contributed by atoms with Crippen molar-refractivity contribution in [1.29, 1.82) is 0 Å². The van der Waals surface area contributed by atoms with Crippen molar-refractivity contribution in [1.82, 2.24) is 20.4 Å². The molecule has 0 aromatic heterocycles. The van der Waals surface area contributed by atoms with Crippen LogP contribution in [0.2, 0.25) is 0 Å². The fourth-order valence-corrected chi connectivity index (χ4v) is 5.69. The number of nitrogens with zero attached hydrogens (tertiary/aromatic N) is 2. The first-order valence-corrected chi connectivity index (χ1v) is 15.2. The lowest BCUT2D eigenvalue weighted by molar-refractivity contribution is -0.124. The summed E-state index contributed by atoms with van der Waals surface area (Å²) in [6, 6.07) is 23.3. The number of piperidine rings is 1. The van der Waals surface area contributed by atoms with Gasteiger partial charge in [-0.15, -0.1) is 0 Å². The van der Waals surface area contributed by atoms with Crippen molar-refractivity contribution >= 4 is 23.5 Å². The molecule has 0 aliphatic carbocycles. The van der Waals surface area contributed by atoms with Gasteiger partial charge in [0.25, 0.3) is 0 Å². The SMILES string of the molecule is COc1cc(CN2CCNC(=O)C2)ccc1C(=O)CNCCN1CCC(OC(=O)Nc2ccccc2-c2ccccc2)CC1. The minimum Gasteiger partial charge on any atom is -0.496 e. The molecule has 0 spiro atoms. The van der Waals surface area contributed by atoms with E-state index in [4.69, 9.17) is 9.47 Å². The van der Waals surface area contributed by atoms with Gasteiger partial charge in [0.05, 0.1) is 31.5 Å². The smallest absolute Gasteiger partial charge is 0.411 e. The maximum Gasteiger partial charge on any atom is 0.411 e. The fraction of sp³-hybridized carbons (Fsp3) is 0.382. The zero-order valence-electron chi connectivity index (χ0n) is 25.2. The standard InChI is InChI=1S/C34H41N5O5/c1-43-32-21-25(23-39-20-16-36-33(41)24-39)11-12-29(32)31(40)22-35-15-19-38-17-13-27(14-18-38)44-34(42)37-30-10-6-5-9-28(30)26-7-3-2-4-8-26/h2-12,21,27,35H,13-20,22-24H2,1H3,(H,36,41)(H,37,42). The van der Waals surface area contributed by atoms with Gasteiger partial charge in [-0.3, -0.25) is 19.8 Å². The maximum absolute atomic E-state index is 12.9. The Morgan fingerprint density at radius 3 is 2.50 bits per heavy atom. The van der Waals surface area contributed by atoms with Gasteiger partial charge in [0.15, 0.2) is 5.78 Å². The second-order valence-electron chi connectivity index (χ2n) is 11.2. The van der Waals surface area contributed by atoms with Gasteiger partial charge >= 0.3 is 6.09 Å². The van der Waals surface area contributed by atoms with E-state index in [1.807, 2.05) is 72.8 Å². The van der Waals surface area contributed by atoms with Crippen LogP contribution in [0, 0.1) is 0 Å². The Kier molecular flexibility index (Phi) is 11.0. The number of hydrogen-bond acceptors (Lipinski definition) is 8. The Morgan fingerprint density at radius 2 is 1.73 bits per heavy atom. The van der Waals surface area contributed by atoms with Gasteiger partial charge in [-0.05, 0) is 42.2 Å². The van der Waals surface area contributed by atoms with E-state index in [0.717, 1.165) is 61.4 Å². The molecule has 2 aliphatic heterocycles. The molecule has 0 radical (unpaired) electrons. The number of hydrogen-bond donors (Lipinski definition) is 3. The molecular formula is C34H41N5O5. The van der Waals surface area contributed by atoms with Gasteiger partial charge in [-0.1, -0.05) is 54.6 Å². The van der Waals surface area contributed by atoms with E-state index in [0.29, 0.717) is 37.5 Å². The number of carbonyl (C=O) groups excluding carboxylic acids is 3. The van der Waals surface area contributed by atoms with Crippen molar-refractivity contribution in [3.63, 3.8) is 0 Å². The van der Waals surface area contributed by atoms with Crippen molar-refractivity contribution in [2.45, 2.75) is 25.5 Å². The minimum atomic E-state index is -0.436. The summed E-state index contributed by atoms with van der Waals surface area (Å²) in [6.07, 6.45) is 0.956. The van der Waals surface area contributed by atoms with Gasteiger partial charge in [0, 0.05) is 51.4 Å². The molecule has 232 valence electrons. The topological polar surface area (TPSA) is 112 Å². The number of ketones is 1. The van der Waals surface area contributed by atoms with E-state index in [1.165, 1.54) is 0 Å². The predicted molar refractivity (Wildman–Crippen MR) is 170 cm³/mol. The van der Waals surface area contributed by atoms with Crippen LogP contribution in [0.4, 0.5) is 10.5 Å². The molecule has 0 unspecified atom stereocenters. The summed E-state index contributed by atoms with van der Waals surface area (Å²) in [5.74, 6) is 0.547. The zero-order valence-corrected chi connectivity index (χ0v) is 25.2. The van der Waals surface area contributed by atoms with Gasteiger partial charge in [-0.2, -0.15) is 0 Å². The largest absolute Gasteiger partial charge is 0.496 e. The Bertz CT molecular complexity index is 1420. The highest BCUT2D eigenvalue weighted by molar-refractivity contribution is 6.00. The first-order valence-electron chi connectivity index (χ1n) is 15.2. The maximum atomic E-state index is 12.9. The summed E-state index contributed by atoms with van der Waals surface area (Å²) < 4.78 is 11.3. The Labute approximate surface area is 258 Å². The molecule has 2 heterocycles. The minimum absolute atomic E-state index is 0.0299. The Morgan fingerprint density at radius 1 is 0.955 bits per heavy atom. The lowest BCUT2D eigenvalue weighted by Crippen LogP contribution is -2.47. The number of piperazine rings is 1. The molecule has 3 N–H and O–H groups in total. The number of likely N-dealkylation sites (tertiary alicyclic amines) is 1.